The summed E-state index contributed by atoms with van der Waals surface area (Å²) < 4.78 is 7.19. The number of rotatable bonds is 22. The third-order valence-corrected chi connectivity index (χ3v) is 15.1. The highest BCUT2D eigenvalue weighted by molar-refractivity contribution is 5.92. The van der Waals surface area contributed by atoms with Gasteiger partial charge in [-0.25, -0.2) is 9.59 Å². The van der Waals surface area contributed by atoms with Crippen molar-refractivity contribution >= 4 is 23.8 Å². The number of nitrogens with one attached hydrogen (secondary N) is 2. The number of amides is 2. The van der Waals surface area contributed by atoms with E-state index in [0.29, 0.717) is 51.6 Å². The Kier molecular flexibility index (Phi) is 18.6. The maximum absolute atomic E-state index is 14.7. The van der Waals surface area contributed by atoms with Crippen LogP contribution < -0.4 is 10.6 Å². The van der Waals surface area contributed by atoms with Gasteiger partial charge in [-0.1, -0.05) is 41.5 Å². The summed E-state index contributed by atoms with van der Waals surface area (Å²) in [6.45, 7) is 28.1. The number of carbonyl (C=O) groups excluding carboxylic acids is 3. The monoisotopic (exact) mass is 873 g/mol. The largest absolute Gasteiger partial charge is 0.478 e. The number of piperidine rings is 2. The fourth-order valence-corrected chi connectivity index (χ4v) is 10.2. The molecule has 14 heteroatoms. The zero-order valence-electron chi connectivity index (χ0n) is 41.3. The van der Waals surface area contributed by atoms with Crippen LogP contribution in [0.15, 0.2) is 24.3 Å². The number of hydrogen-bond acceptors (Lipinski definition) is 11. The van der Waals surface area contributed by atoms with Crippen molar-refractivity contribution < 1.29 is 38.7 Å². The maximum atomic E-state index is 14.7. The summed E-state index contributed by atoms with van der Waals surface area (Å²) >= 11 is 0. The topological polar surface area (TPSA) is 153 Å². The third-order valence-electron chi connectivity index (χ3n) is 15.1. The van der Waals surface area contributed by atoms with Crippen LogP contribution in [0.5, 0.6) is 0 Å². The second-order valence-electron chi connectivity index (χ2n) is 19.8. The molecule has 2 heterocycles. The van der Waals surface area contributed by atoms with Gasteiger partial charge in [-0.3, -0.25) is 19.3 Å². The quantitative estimate of drug-likeness (QED) is 0.0810. The lowest BCUT2D eigenvalue weighted by Crippen LogP contribution is -2.77. The molecule has 0 saturated carbocycles. The highest BCUT2D eigenvalue weighted by Crippen LogP contribution is 2.61. The lowest BCUT2D eigenvalue weighted by atomic mass is 9.51. The van der Waals surface area contributed by atoms with Crippen molar-refractivity contribution in [1.82, 2.24) is 30.6 Å². The van der Waals surface area contributed by atoms with E-state index in [0.717, 1.165) is 25.9 Å². The molecule has 10 unspecified atom stereocenters. The molecule has 0 bridgehead atoms. The van der Waals surface area contributed by atoms with Gasteiger partial charge < -0.3 is 30.3 Å². The lowest BCUT2D eigenvalue weighted by molar-refractivity contribution is -0.367. The molecule has 3 rings (SSSR count). The average Bonchev–Trinajstić information content (AvgIpc) is 3.23. The van der Waals surface area contributed by atoms with E-state index < -0.39 is 51.9 Å². The molecular formula is C48H84N6O8. The molecule has 0 spiro atoms. The Balaban J connectivity index is 2.19. The number of esters is 1. The van der Waals surface area contributed by atoms with Gasteiger partial charge in [0.1, 0.15) is 5.60 Å². The summed E-state index contributed by atoms with van der Waals surface area (Å²) in [6.07, 6.45) is 3.78. The molecule has 10 atom stereocenters. The van der Waals surface area contributed by atoms with Gasteiger partial charge in [-0.15, -0.1) is 0 Å². The SMILES string of the molecule is CCC1(C)CC(C2(OC(=O)c3ccc(C(=O)O)cc3)CC(C)(CC)N(OC(C)C(=O)NCCCN(C)C)C(C)(CC)C2C)C(C)C(C)(CC)N1OC(C)C(=O)NCCCN(C)C. The minimum absolute atomic E-state index is 0.0814. The van der Waals surface area contributed by atoms with Crippen LogP contribution in [-0.4, -0.2) is 143 Å². The average molecular weight is 873 g/mol. The molecular weight excluding hydrogens is 789 g/mol. The first-order chi connectivity index (χ1) is 28.9. The highest BCUT2D eigenvalue weighted by Gasteiger charge is 2.69. The molecule has 62 heavy (non-hydrogen) atoms. The van der Waals surface area contributed by atoms with Crippen molar-refractivity contribution in [1.29, 1.82) is 0 Å². The smallest absolute Gasteiger partial charge is 0.338 e. The Labute approximate surface area is 374 Å². The van der Waals surface area contributed by atoms with Crippen LogP contribution in [0.3, 0.4) is 0 Å². The van der Waals surface area contributed by atoms with E-state index in [2.05, 4.69) is 99.8 Å². The molecule has 2 saturated heterocycles. The molecule has 3 N–H and O–H groups in total. The highest BCUT2D eigenvalue weighted by atomic mass is 16.7. The van der Waals surface area contributed by atoms with Gasteiger partial charge >= 0.3 is 11.9 Å². The van der Waals surface area contributed by atoms with E-state index in [1.165, 1.54) is 24.3 Å². The molecule has 2 aliphatic heterocycles. The van der Waals surface area contributed by atoms with E-state index in [-0.39, 0.29) is 40.7 Å². The fraction of sp³-hybridized carbons (Fsp3) is 0.792. The van der Waals surface area contributed by atoms with E-state index in [1.54, 1.807) is 6.92 Å². The summed E-state index contributed by atoms with van der Waals surface area (Å²) in [5, 5.41) is 19.9. The molecule has 2 amide bonds. The van der Waals surface area contributed by atoms with Crippen LogP contribution in [0.2, 0.25) is 0 Å². The van der Waals surface area contributed by atoms with Crippen molar-refractivity contribution in [2.75, 3.05) is 54.4 Å². The molecule has 1 aromatic carbocycles. The van der Waals surface area contributed by atoms with Crippen molar-refractivity contribution in [2.24, 2.45) is 17.8 Å². The molecule has 14 nitrogen and oxygen atoms in total. The van der Waals surface area contributed by atoms with Gasteiger partial charge in [-0.2, -0.15) is 10.1 Å². The number of ether oxygens (including phenoxy) is 1. The Morgan fingerprint density at radius 3 is 1.56 bits per heavy atom. The second-order valence-corrected chi connectivity index (χ2v) is 19.8. The molecule has 2 aliphatic rings. The third kappa shape index (κ3) is 11.4. The van der Waals surface area contributed by atoms with Crippen LogP contribution >= 0.6 is 0 Å². The first-order valence-corrected chi connectivity index (χ1v) is 23.2. The van der Waals surface area contributed by atoms with Gasteiger partial charge in [0.25, 0.3) is 11.8 Å². The zero-order chi connectivity index (χ0) is 47.0. The number of aromatic carboxylic acids is 1. The number of benzene rings is 1. The predicted octanol–water partition coefficient (Wildman–Crippen LogP) is 7.03. The number of hydroxylamine groups is 4. The Morgan fingerprint density at radius 1 is 0.726 bits per heavy atom. The first-order valence-electron chi connectivity index (χ1n) is 23.2. The van der Waals surface area contributed by atoms with E-state index >= 15 is 0 Å². The lowest BCUT2D eigenvalue weighted by Gasteiger charge is -2.69. The predicted molar refractivity (Wildman–Crippen MR) is 245 cm³/mol. The zero-order valence-corrected chi connectivity index (χ0v) is 41.3. The van der Waals surface area contributed by atoms with E-state index in [9.17, 15) is 24.3 Å². The molecule has 0 aromatic heterocycles. The number of carboxylic acids is 1. The van der Waals surface area contributed by atoms with E-state index in [1.807, 2.05) is 35.1 Å². The molecule has 2 fully saturated rings. The minimum atomic E-state index is -1.08. The Hall–Kier alpha value is -3.14. The van der Waals surface area contributed by atoms with Gasteiger partial charge in [0.05, 0.1) is 16.7 Å². The molecule has 0 radical (unpaired) electrons. The number of hydrogen-bond donors (Lipinski definition) is 3. The van der Waals surface area contributed by atoms with Gasteiger partial charge in [0.2, 0.25) is 0 Å². The van der Waals surface area contributed by atoms with Crippen LogP contribution in [0, 0.1) is 17.8 Å². The van der Waals surface area contributed by atoms with Gasteiger partial charge in [0, 0.05) is 48.0 Å². The second kappa shape index (κ2) is 21.7. The van der Waals surface area contributed by atoms with Gasteiger partial charge in [0.15, 0.2) is 12.2 Å². The van der Waals surface area contributed by atoms with Crippen LogP contribution in [0.4, 0.5) is 0 Å². The van der Waals surface area contributed by atoms with Crippen molar-refractivity contribution in [3.8, 4) is 0 Å². The molecule has 0 aliphatic carbocycles. The first kappa shape index (κ1) is 53.2. The Bertz CT molecular complexity index is 1660. The maximum Gasteiger partial charge on any atom is 0.338 e. The van der Waals surface area contributed by atoms with Crippen LogP contribution in [0.1, 0.15) is 155 Å². The summed E-state index contributed by atoms with van der Waals surface area (Å²) in [5.74, 6) is -2.60. The Morgan fingerprint density at radius 2 is 1.16 bits per heavy atom. The summed E-state index contributed by atoms with van der Waals surface area (Å²) in [7, 11) is 8.04. The normalized spacial score (nSPS) is 31.7. The van der Waals surface area contributed by atoms with Crippen LogP contribution in [0.25, 0.3) is 0 Å². The van der Waals surface area contributed by atoms with Crippen LogP contribution in [-0.2, 0) is 24.0 Å². The number of carbonyl (C=O) groups is 4. The standard InChI is InChI=1S/C48H84N6O8/c1-17-44(9)31-39(33(5)46(11,19-3)53(44)61-34(6)40(55)49-27-21-29-51(13)14)48(60-43(59)38-25-23-37(24-26-38)42(57)58)32-45(10,18-2)54(47(12,20-4)36(48)8)62-35(7)41(56)50-28-22-30-52(15)16/h23-26,33-36,39H,17-22,27-32H2,1-16H3,(H,49,55)(H,50,56)(H,57,58). The number of carboxylic acid groups (broad SMARTS) is 1. The van der Waals surface area contributed by atoms with Crippen molar-refractivity contribution in [3.05, 3.63) is 35.4 Å². The van der Waals surface area contributed by atoms with Crippen molar-refractivity contribution in [2.45, 2.75) is 174 Å². The summed E-state index contributed by atoms with van der Waals surface area (Å²) in [5.41, 5.74) is -3.35. The van der Waals surface area contributed by atoms with E-state index in [4.69, 9.17) is 14.4 Å². The fourth-order valence-electron chi connectivity index (χ4n) is 10.2. The number of nitrogens with zero attached hydrogens (tertiary/aromatic N) is 4. The van der Waals surface area contributed by atoms with Gasteiger partial charge in [-0.05, 0) is 158 Å². The minimum Gasteiger partial charge on any atom is -0.478 e. The molecule has 354 valence electrons. The van der Waals surface area contributed by atoms with Crippen molar-refractivity contribution in [3.63, 3.8) is 0 Å². The molecule has 1 aromatic rings. The summed E-state index contributed by atoms with van der Waals surface area (Å²) in [6, 6.07) is 5.92. The summed E-state index contributed by atoms with van der Waals surface area (Å²) in [4.78, 5) is 71.4.